The standard InChI is InChI=1S/C75H134O6/c1-4-7-10-13-16-19-22-25-27-29-31-33-35-37-39-41-43-45-47-50-53-56-59-62-65-68-74(77)80-71-72(70-79-73(76)67-64-61-58-55-52-49-24-21-18-15-12-9-6-3)81-75(78)69-66-63-60-57-54-51-48-46-44-42-40-38-36-34-32-30-28-26-23-20-17-14-11-8-5-2/h12,15,21-26,29-32,72H,4-11,13-14,16-20,27-28,33-71H2,1-3H3/b15-12-,24-21-,25-22-,26-23-,31-29-,32-30-. The summed E-state index contributed by atoms with van der Waals surface area (Å²) in [6, 6.07) is 0. The van der Waals surface area contributed by atoms with Crippen LogP contribution >= 0.6 is 0 Å². The molecular formula is C75H134O6. The highest BCUT2D eigenvalue weighted by Crippen LogP contribution is 2.17. The van der Waals surface area contributed by atoms with E-state index >= 15 is 0 Å². The molecule has 0 fully saturated rings. The molecule has 1 atom stereocenters. The van der Waals surface area contributed by atoms with E-state index in [2.05, 4.69) is 93.7 Å². The van der Waals surface area contributed by atoms with Crippen molar-refractivity contribution in [2.45, 2.75) is 374 Å². The molecule has 0 aliphatic rings. The molecule has 0 aliphatic carbocycles. The van der Waals surface area contributed by atoms with E-state index in [1.165, 1.54) is 231 Å². The summed E-state index contributed by atoms with van der Waals surface area (Å²) in [4.78, 5) is 38.4. The summed E-state index contributed by atoms with van der Waals surface area (Å²) in [5.74, 6) is -0.875. The van der Waals surface area contributed by atoms with Gasteiger partial charge in [0.25, 0.3) is 0 Å². The van der Waals surface area contributed by atoms with Crippen LogP contribution < -0.4 is 0 Å². The van der Waals surface area contributed by atoms with Crippen molar-refractivity contribution >= 4 is 17.9 Å². The molecule has 0 bridgehead atoms. The van der Waals surface area contributed by atoms with Gasteiger partial charge in [0.2, 0.25) is 0 Å². The Morgan fingerprint density at radius 1 is 0.247 bits per heavy atom. The lowest BCUT2D eigenvalue weighted by atomic mass is 10.0. The highest BCUT2D eigenvalue weighted by atomic mass is 16.6. The van der Waals surface area contributed by atoms with Gasteiger partial charge in [-0.2, -0.15) is 0 Å². The molecule has 0 aromatic carbocycles. The lowest BCUT2D eigenvalue weighted by Crippen LogP contribution is -2.30. The first-order chi connectivity index (χ1) is 40.0. The monoisotopic (exact) mass is 1130 g/mol. The summed E-state index contributed by atoms with van der Waals surface area (Å²) in [5.41, 5.74) is 0. The van der Waals surface area contributed by atoms with Crippen molar-refractivity contribution in [2.75, 3.05) is 13.2 Å². The van der Waals surface area contributed by atoms with Crippen molar-refractivity contribution in [1.29, 1.82) is 0 Å². The first-order valence-electron chi connectivity index (χ1n) is 35.4. The van der Waals surface area contributed by atoms with Gasteiger partial charge in [-0.25, -0.2) is 0 Å². The normalized spacial score (nSPS) is 12.5. The van der Waals surface area contributed by atoms with Crippen LogP contribution in [-0.4, -0.2) is 37.2 Å². The highest BCUT2D eigenvalue weighted by molar-refractivity contribution is 5.71. The predicted molar refractivity (Wildman–Crippen MR) is 353 cm³/mol. The van der Waals surface area contributed by atoms with Crippen molar-refractivity contribution < 1.29 is 28.6 Å². The number of allylic oxidation sites excluding steroid dienone is 12. The molecule has 0 heterocycles. The second-order valence-corrected chi connectivity index (χ2v) is 23.8. The highest BCUT2D eigenvalue weighted by Gasteiger charge is 2.19. The van der Waals surface area contributed by atoms with Crippen LogP contribution in [0.4, 0.5) is 0 Å². The topological polar surface area (TPSA) is 78.9 Å². The maximum Gasteiger partial charge on any atom is 0.306 e. The molecule has 0 N–H and O–H groups in total. The van der Waals surface area contributed by atoms with Crippen molar-refractivity contribution in [3.8, 4) is 0 Å². The van der Waals surface area contributed by atoms with Crippen molar-refractivity contribution in [2.24, 2.45) is 0 Å². The third kappa shape index (κ3) is 67.5. The van der Waals surface area contributed by atoms with Crippen molar-refractivity contribution in [3.05, 3.63) is 72.9 Å². The smallest absolute Gasteiger partial charge is 0.306 e. The molecular weight excluding hydrogens is 997 g/mol. The van der Waals surface area contributed by atoms with E-state index in [1.54, 1.807) is 0 Å². The van der Waals surface area contributed by atoms with E-state index in [1.807, 2.05) is 0 Å². The van der Waals surface area contributed by atoms with E-state index in [9.17, 15) is 14.4 Å². The van der Waals surface area contributed by atoms with E-state index in [0.29, 0.717) is 19.3 Å². The molecule has 0 radical (unpaired) electrons. The van der Waals surface area contributed by atoms with Gasteiger partial charge in [0, 0.05) is 19.3 Å². The Kier molecular flexibility index (Phi) is 66.6. The number of unbranched alkanes of at least 4 members (excludes halogenated alkanes) is 42. The Hall–Kier alpha value is -3.15. The van der Waals surface area contributed by atoms with E-state index in [4.69, 9.17) is 14.2 Å². The molecule has 0 aromatic heterocycles. The van der Waals surface area contributed by atoms with Crippen molar-refractivity contribution in [1.82, 2.24) is 0 Å². The Morgan fingerprint density at radius 2 is 0.469 bits per heavy atom. The summed E-state index contributed by atoms with van der Waals surface area (Å²) in [6.45, 7) is 6.59. The van der Waals surface area contributed by atoms with Gasteiger partial charge >= 0.3 is 17.9 Å². The molecule has 81 heavy (non-hydrogen) atoms. The molecule has 470 valence electrons. The molecule has 0 spiro atoms. The first-order valence-corrected chi connectivity index (χ1v) is 35.4. The average molecular weight is 1130 g/mol. The van der Waals surface area contributed by atoms with Gasteiger partial charge in [0.1, 0.15) is 13.2 Å². The number of esters is 3. The minimum atomic E-state index is -0.783. The molecule has 0 saturated heterocycles. The summed E-state index contributed by atoms with van der Waals surface area (Å²) in [7, 11) is 0. The Bertz CT molecular complexity index is 1490. The van der Waals surface area contributed by atoms with Crippen LogP contribution in [0.15, 0.2) is 72.9 Å². The number of hydrogen-bond donors (Lipinski definition) is 0. The van der Waals surface area contributed by atoms with E-state index < -0.39 is 6.10 Å². The van der Waals surface area contributed by atoms with Crippen LogP contribution in [0.2, 0.25) is 0 Å². The number of carbonyl (C=O) groups excluding carboxylic acids is 3. The van der Waals surface area contributed by atoms with Crippen LogP contribution in [0.1, 0.15) is 367 Å². The summed E-state index contributed by atoms with van der Waals surface area (Å²) >= 11 is 0. The third-order valence-electron chi connectivity index (χ3n) is 15.6. The average Bonchev–Trinajstić information content (AvgIpc) is 3.46. The molecule has 0 rings (SSSR count). The van der Waals surface area contributed by atoms with Crippen LogP contribution in [0.25, 0.3) is 0 Å². The van der Waals surface area contributed by atoms with Crippen LogP contribution in [0, 0.1) is 0 Å². The zero-order valence-electron chi connectivity index (χ0n) is 54.1. The number of rotatable bonds is 65. The fourth-order valence-electron chi connectivity index (χ4n) is 10.3. The van der Waals surface area contributed by atoms with Gasteiger partial charge in [-0.3, -0.25) is 14.4 Å². The Balaban J connectivity index is 4.26. The first kappa shape index (κ1) is 77.9. The SMILES string of the molecule is CCC/C=C\C/C=C\CCCCCCCC(=O)OCC(COC(=O)CCCCCCCCCCCCCCC/C=C\C/C=C\CCCCCCC)OC(=O)CCCCCCCCCCCCCCC/C=C\C/C=C\CCCCCCC. The van der Waals surface area contributed by atoms with Gasteiger partial charge in [0.05, 0.1) is 0 Å². The summed E-state index contributed by atoms with van der Waals surface area (Å²) in [5, 5.41) is 0. The lowest BCUT2D eigenvalue weighted by Gasteiger charge is -2.18. The molecule has 0 aromatic rings. The fourth-order valence-corrected chi connectivity index (χ4v) is 10.3. The minimum Gasteiger partial charge on any atom is -0.462 e. The van der Waals surface area contributed by atoms with Crippen molar-refractivity contribution in [3.63, 3.8) is 0 Å². The van der Waals surface area contributed by atoms with Gasteiger partial charge in [-0.05, 0) is 109 Å². The third-order valence-corrected chi connectivity index (χ3v) is 15.6. The lowest BCUT2D eigenvalue weighted by molar-refractivity contribution is -0.167. The minimum absolute atomic E-state index is 0.0780. The Morgan fingerprint density at radius 3 is 0.728 bits per heavy atom. The fraction of sp³-hybridized carbons (Fsp3) is 0.800. The second kappa shape index (κ2) is 69.3. The largest absolute Gasteiger partial charge is 0.462 e. The quantitative estimate of drug-likeness (QED) is 0.0261. The second-order valence-electron chi connectivity index (χ2n) is 23.8. The van der Waals surface area contributed by atoms with Gasteiger partial charge in [-0.15, -0.1) is 0 Å². The number of carbonyl (C=O) groups is 3. The van der Waals surface area contributed by atoms with E-state index in [0.717, 1.165) is 96.3 Å². The summed E-state index contributed by atoms with van der Waals surface area (Å²) in [6.07, 6.45) is 90.7. The van der Waals surface area contributed by atoms with Crippen LogP contribution in [-0.2, 0) is 28.6 Å². The maximum absolute atomic E-state index is 13.0. The molecule has 6 heteroatoms. The Labute approximate surface area is 503 Å². The van der Waals surface area contributed by atoms with E-state index in [-0.39, 0.29) is 31.1 Å². The van der Waals surface area contributed by atoms with Crippen LogP contribution in [0.3, 0.4) is 0 Å². The predicted octanol–water partition coefficient (Wildman–Crippen LogP) is 24.4. The van der Waals surface area contributed by atoms with Gasteiger partial charge < -0.3 is 14.2 Å². The molecule has 0 aliphatic heterocycles. The molecule has 0 amide bonds. The summed E-state index contributed by atoms with van der Waals surface area (Å²) < 4.78 is 17.0. The van der Waals surface area contributed by atoms with Gasteiger partial charge in [-0.1, -0.05) is 312 Å². The number of ether oxygens (including phenoxy) is 3. The zero-order valence-corrected chi connectivity index (χ0v) is 54.1. The number of hydrogen-bond acceptors (Lipinski definition) is 6. The molecule has 0 saturated carbocycles. The molecule has 1 unspecified atom stereocenters. The van der Waals surface area contributed by atoms with Crippen LogP contribution in [0.5, 0.6) is 0 Å². The molecule has 6 nitrogen and oxygen atoms in total. The van der Waals surface area contributed by atoms with Gasteiger partial charge in [0.15, 0.2) is 6.10 Å². The zero-order chi connectivity index (χ0) is 58.5. The maximum atomic E-state index is 13.0.